The molecule has 1 amide bonds. The van der Waals surface area contributed by atoms with E-state index < -0.39 is 0 Å². The Morgan fingerprint density at radius 2 is 1.54 bits per heavy atom. The van der Waals surface area contributed by atoms with Crippen molar-refractivity contribution in [1.82, 2.24) is 5.32 Å². The van der Waals surface area contributed by atoms with Gasteiger partial charge < -0.3 is 19.5 Å². The number of hydrogen-bond acceptors (Lipinski definition) is 5. The maximum atomic E-state index is 14.0. The van der Waals surface area contributed by atoms with Crippen LogP contribution in [0.25, 0.3) is 22.5 Å². The second-order valence-corrected chi connectivity index (χ2v) is 10.1. The van der Waals surface area contributed by atoms with E-state index in [1.165, 1.54) is 0 Å². The Bertz CT molecular complexity index is 1660. The van der Waals surface area contributed by atoms with Crippen molar-refractivity contribution in [2.24, 2.45) is 0 Å². The average molecular weight is 539 g/mol. The van der Waals surface area contributed by atoms with Crippen molar-refractivity contribution in [3.63, 3.8) is 0 Å². The molecule has 6 rings (SSSR count). The first kappa shape index (κ1) is 26.1. The number of anilines is 2. The average Bonchev–Trinajstić information content (AvgIpc) is 3.55. The number of rotatable bonds is 7. The standard InChI is InChI=1S/C35H30N4O2/c36-24-26-9-11-29(12-10-26)33-17-18-34(41-33)35(40)39(32-15-13-31(14-16-32)38-21-19-37-20-22-38)25-27-5-4-8-30(23-27)28-6-2-1-3-7-28/h1-18,23,37H,19-22,25H2. The number of carbonyl (C=O) groups excluding carboxylic acids is 1. The quantitative estimate of drug-likeness (QED) is 0.248. The number of benzene rings is 4. The van der Waals surface area contributed by atoms with E-state index in [0.29, 0.717) is 17.9 Å². The monoisotopic (exact) mass is 538 g/mol. The van der Waals surface area contributed by atoms with E-state index in [1.807, 2.05) is 54.6 Å². The third-order valence-corrected chi connectivity index (χ3v) is 7.38. The first-order valence-electron chi connectivity index (χ1n) is 13.8. The number of amides is 1. The molecule has 1 aromatic heterocycles. The van der Waals surface area contributed by atoms with Crippen LogP contribution < -0.4 is 15.1 Å². The second kappa shape index (κ2) is 12.0. The van der Waals surface area contributed by atoms with Crippen LogP contribution >= 0.6 is 0 Å². The number of nitriles is 1. The molecule has 1 N–H and O–H groups in total. The predicted molar refractivity (Wildman–Crippen MR) is 163 cm³/mol. The van der Waals surface area contributed by atoms with Crippen molar-refractivity contribution < 1.29 is 9.21 Å². The molecule has 1 fully saturated rings. The molecule has 0 atom stereocenters. The second-order valence-electron chi connectivity index (χ2n) is 10.1. The Balaban J connectivity index is 1.31. The molecule has 0 saturated carbocycles. The zero-order valence-corrected chi connectivity index (χ0v) is 22.7. The molecule has 0 bridgehead atoms. The Labute approximate surface area is 240 Å². The van der Waals surface area contributed by atoms with Gasteiger partial charge in [-0.15, -0.1) is 0 Å². The van der Waals surface area contributed by atoms with Gasteiger partial charge in [0.15, 0.2) is 5.76 Å². The highest BCUT2D eigenvalue weighted by Gasteiger charge is 2.23. The van der Waals surface area contributed by atoms with Gasteiger partial charge in [-0.3, -0.25) is 4.79 Å². The van der Waals surface area contributed by atoms with Crippen LogP contribution in [-0.4, -0.2) is 32.1 Å². The lowest BCUT2D eigenvalue weighted by molar-refractivity contribution is 0.0959. The van der Waals surface area contributed by atoms with E-state index in [2.05, 4.69) is 52.7 Å². The fourth-order valence-corrected chi connectivity index (χ4v) is 5.16. The van der Waals surface area contributed by atoms with Gasteiger partial charge in [-0.25, -0.2) is 0 Å². The fourth-order valence-electron chi connectivity index (χ4n) is 5.16. The van der Waals surface area contributed by atoms with E-state index in [-0.39, 0.29) is 11.7 Å². The lowest BCUT2D eigenvalue weighted by atomic mass is 10.0. The Morgan fingerprint density at radius 1 is 0.805 bits per heavy atom. The number of hydrogen-bond donors (Lipinski definition) is 1. The van der Waals surface area contributed by atoms with Crippen LogP contribution in [0, 0.1) is 11.3 Å². The number of furan rings is 1. The summed E-state index contributed by atoms with van der Waals surface area (Å²) < 4.78 is 6.07. The summed E-state index contributed by atoms with van der Waals surface area (Å²) in [4.78, 5) is 18.1. The Kier molecular flexibility index (Phi) is 7.61. The summed E-state index contributed by atoms with van der Waals surface area (Å²) in [6.07, 6.45) is 0. The Morgan fingerprint density at radius 3 is 2.27 bits per heavy atom. The van der Waals surface area contributed by atoms with Crippen LogP contribution in [-0.2, 0) is 6.54 Å². The van der Waals surface area contributed by atoms with Crippen molar-refractivity contribution in [3.05, 3.63) is 132 Å². The van der Waals surface area contributed by atoms with Gasteiger partial charge in [0.25, 0.3) is 5.91 Å². The molecule has 41 heavy (non-hydrogen) atoms. The summed E-state index contributed by atoms with van der Waals surface area (Å²) in [6, 6.07) is 39.5. The molecule has 1 aliphatic rings. The minimum absolute atomic E-state index is 0.218. The lowest BCUT2D eigenvalue weighted by Crippen LogP contribution is -2.43. The van der Waals surface area contributed by atoms with Crippen molar-refractivity contribution in [1.29, 1.82) is 5.26 Å². The maximum Gasteiger partial charge on any atom is 0.294 e. The first-order chi connectivity index (χ1) is 20.2. The van der Waals surface area contributed by atoms with Gasteiger partial charge in [-0.1, -0.05) is 48.5 Å². The lowest BCUT2D eigenvalue weighted by Gasteiger charge is -2.30. The minimum Gasteiger partial charge on any atom is -0.451 e. The van der Waals surface area contributed by atoms with Crippen LogP contribution in [0.3, 0.4) is 0 Å². The molecule has 0 aliphatic carbocycles. The van der Waals surface area contributed by atoms with Crippen LogP contribution in [0.15, 0.2) is 120 Å². The molecule has 0 spiro atoms. The van der Waals surface area contributed by atoms with Gasteiger partial charge in [-0.2, -0.15) is 5.26 Å². The molecule has 2 heterocycles. The summed E-state index contributed by atoms with van der Waals surface area (Å²) in [7, 11) is 0. The van der Waals surface area contributed by atoms with Gasteiger partial charge in [0.2, 0.25) is 0 Å². The molecule has 5 aromatic rings. The molecular formula is C35H30N4O2. The molecule has 1 aliphatic heterocycles. The normalized spacial score (nSPS) is 13.0. The smallest absolute Gasteiger partial charge is 0.294 e. The molecule has 6 nitrogen and oxygen atoms in total. The topological polar surface area (TPSA) is 72.5 Å². The van der Waals surface area contributed by atoms with Crippen LogP contribution in [0.4, 0.5) is 11.4 Å². The molecular weight excluding hydrogens is 508 g/mol. The van der Waals surface area contributed by atoms with Gasteiger partial charge in [0.1, 0.15) is 5.76 Å². The van der Waals surface area contributed by atoms with E-state index in [4.69, 9.17) is 9.68 Å². The third-order valence-electron chi connectivity index (χ3n) is 7.38. The van der Waals surface area contributed by atoms with E-state index >= 15 is 0 Å². The predicted octanol–water partition coefficient (Wildman–Crippen LogP) is 6.74. The zero-order chi connectivity index (χ0) is 28.0. The van der Waals surface area contributed by atoms with Crippen molar-refractivity contribution >= 4 is 17.3 Å². The number of nitrogens with zero attached hydrogens (tertiary/aromatic N) is 3. The molecule has 1 saturated heterocycles. The summed E-state index contributed by atoms with van der Waals surface area (Å²) in [5.41, 5.74) is 6.58. The Hall–Kier alpha value is -5.12. The molecule has 202 valence electrons. The largest absolute Gasteiger partial charge is 0.451 e. The molecule has 0 unspecified atom stereocenters. The number of carbonyl (C=O) groups is 1. The summed E-state index contributed by atoms with van der Waals surface area (Å²) in [6.45, 7) is 4.23. The van der Waals surface area contributed by atoms with Gasteiger partial charge in [0.05, 0.1) is 18.2 Å². The molecule has 4 aromatic carbocycles. The fraction of sp³-hybridized carbons (Fsp3) is 0.143. The highest BCUT2D eigenvalue weighted by molar-refractivity contribution is 6.04. The van der Waals surface area contributed by atoms with Crippen molar-refractivity contribution in [3.8, 4) is 28.5 Å². The van der Waals surface area contributed by atoms with E-state index in [9.17, 15) is 4.79 Å². The van der Waals surface area contributed by atoms with Gasteiger partial charge >= 0.3 is 0 Å². The first-order valence-corrected chi connectivity index (χ1v) is 13.8. The van der Waals surface area contributed by atoms with Gasteiger partial charge in [-0.05, 0) is 83.4 Å². The summed E-state index contributed by atoms with van der Waals surface area (Å²) >= 11 is 0. The van der Waals surface area contributed by atoms with E-state index in [1.54, 1.807) is 29.2 Å². The number of nitrogens with one attached hydrogen (secondary N) is 1. The van der Waals surface area contributed by atoms with E-state index in [0.717, 1.165) is 59.8 Å². The van der Waals surface area contributed by atoms with Gasteiger partial charge in [0, 0.05) is 43.1 Å². The maximum absolute atomic E-state index is 14.0. The highest BCUT2D eigenvalue weighted by atomic mass is 16.4. The summed E-state index contributed by atoms with van der Waals surface area (Å²) in [5.74, 6) is 0.623. The molecule has 6 heteroatoms. The highest BCUT2D eigenvalue weighted by Crippen LogP contribution is 2.29. The SMILES string of the molecule is N#Cc1ccc(-c2ccc(C(=O)N(Cc3cccc(-c4ccccc4)c3)c3ccc(N4CCNCC4)cc3)o2)cc1. The van der Waals surface area contributed by atoms with Crippen molar-refractivity contribution in [2.45, 2.75) is 6.54 Å². The molecule has 0 radical (unpaired) electrons. The summed E-state index contributed by atoms with van der Waals surface area (Å²) in [5, 5.41) is 12.5. The van der Waals surface area contributed by atoms with Crippen LogP contribution in [0.5, 0.6) is 0 Å². The van der Waals surface area contributed by atoms with Crippen molar-refractivity contribution in [2.75, 3.05) is 36.0 Å². The number of piperazine rings is 1. The zero-order valence-electron chi connectivity index (χ0n) is 22.7. The van der Waals surface area contributed by atoms with Crippen LogP contribution in [0.2, 0.25) is 0 Å². The van der Waals surface area contributed by atoms with Crippen LogP contribution in [0.1, 0.15) is 21.7 Å². The minimum atomic E-state index is -0.218. The third kappa shape index (κ3) is 5.91.